The second-order valence-corrected chi connectivity index (χ2v) is 6.16. The number of benzene rings is 2. The summed E-state index contributed by atoms with van der Waals surface area (Å²) in [5.41, 5.74) is 2.96. The predicted molar refractivity (Wildman–Crippen MR) is 91.7 cm³/mol. The van der Waals surface area contributed by atoms with Gasteiger partial charge in [-0.1, -0.05) is 12.1 Å². The molecule has 2 N–H and O–H groups in total. The zero-order valence-electron chi connectivity index (χ0n) is 12.7. The molecule has 0 aliphatic rings. The number of amides is 1. The molecule has 116 valence electrons. The highest BCUT2D eigenvalue weighted by atomic mass is 79.9. The molecular weight excluding hydrogens is 347 g/mol. The van der Waals surface area contributed by atoms with Crippen molar-refractivity contribution in [3.05, 3.63) is 57.8 Å². The van der Waals surface area contributed by atoms with Gasteiger partial charge in [0.1, 0.15) is 11.9 Å². The minimum atomic E-state index is -0.490. The standard InChI is InChI=1S/C17H18BrFN2O/c1-10-4-7-16(14(18)8-10)21-17(22)12(3)20-13-6-5-11(2)15(19)9-13/h4-9,12,20H,1-3H3,(H,21,22). The van der Waals surface area contributed by atoms with Crippen LogP contribution in [-0.2, 0) is 4.79 Å². The first kappa shape index (κ1) is 16.5. The Morgan fingerprint density at radius 2 is 1.91 bits per heavy atom. The fourth-order valence-electron chi connectivity index (χ4n) is 1.96. The van der Waals surface area contributed by atoms with Crippen LogP contribution in [0.5, 0.6) is 0 Å². The molecule has 1 atom stereocenters. The molecule has 2 rings (SSSR count). The molecule has 3 nitrogen and oxygen atoms in total. The molecule has 0 spiro atoms. The van der Waals surface area contributed by atoms with Crippen molar-refractivity contribution in [3.63, 3.8) is 0 Å². The van der Waals surface area contributed by atoms with Gasteiger partial charge in [0.15, 0.2) is 0 Å². The van der Waals surface area contributed by atoms with Gasteiger partial charge in [0, 0.05) is 10.2 Å². The van der Waals surface area contributed by atoms with E-state index in [0.29, 0.717) is 16.9 Å². The number of nitrogens with one attached hydrogen (secondary N) is 2. The summed E-state index contributed by atoms with van der Waals surface area (Å²) in [5.74, 6) is -0.482. The van der Waals surface area contributed by atoms with Crippen molar-refractivity contribution < 1.29 is 9.18 Å². The van der Waals surface area contributed by atoms with Gasteiger partial charge in [0.05, 0.1) is 5.69 Å². The Bertz CT molecular complexity index is 703. The predicted octanol–water partition coefficient (Wildman–Crippen LogP) is 4.64. The lowest BCUT2D eigenvalue weighted by Gasteiger charge is -2.16. The van der Waals surface area contributed by atoms with Crippen molar-refractivity contribution in [2.75, 3.05) is 10.6 Å². The summed E-state index contributed by atoms with van der Waals surface area (Å²) >= 11 is 3.42. The summed E-state index contributed by atoms with van der Waals surface area (Å²) in [6.07, 6.45) is 0. The van der Waals surface area contributed by atoms with Gasteiger partial charge in [-0.25, -0.2) is 4.39 Å². The number of anilines is 2. The largest absolute Gasteiger partial charge is 0.374 e. The maximum atomic E-state index is 13.5. The van der Waals surface area contributed by atoms with Crippen LogP contribution in [0, 0.1) is 19.7 Å². The third-order valence-electron chi connectivity index (χ3n) is 3.33. The van der Waals surface area contributed by atoms with Crippen molar-refractivity contribution in [1.82, 2.24) is 0 Å². The monoisotopic (exact) mass is 364 g/mol. The molecule has 1 unspecified atom stereocenters. The lowest BCUT2D eigenvalue weighted by Crippen LogP contribution is -2.32. The van der Waals surface area contributed by atoms with E-state index >= 15 is 0 Å². The van der Waals surface area contributed by atoms with E-state index in [-0.39, 0.29) is 11.7 Å². The van der Waals surface area contributed by atoms with Crippen molar-refractivity contribution in [2.24, 2.45) is 0 Å². The summed E-state index contributed by atoms with van der Waals surface area (Å²) in [7, 11) is 0. The minimum Gasteiger partial charge on any atom is -0.374 e. The van der Waals surface area contributed by atoms with Crippen LogP contribution in [0.3, 0.4) is 0 Å². The van der Waals surface area contributed by atoms with Crippen LogP contribution in [-0.4, -0.2) is 11.9 Å². The first-order valence-corrected chi connectivity index (χ1v) is 7.76. The second-order valence-electron chi connectivity index (χ2n) is 5.30. The van der Waals surface area contributed by atoms with E-state index in [4.69, 9.17) is 0 Å². The molecule has 0 bridgehead atoms. The highest BCUT2D eigenvalue weighted by Crippen LogP contribution is 2.23. The van der Waals surface area contributed by atoms with Gasteiger partial charge in [-0.15, -0.1) is 0 Å². The molecule has 22 heavy (non-hydrogen) atoms. The lowest BCUT2D eigenvalue weighted by molar-refractivity contribution is -0.116. The Morgan fingerprint density at radius 1 is 1.18 bits per heavy atom. The van der Waals surface area contributed by atoms with E-state index in [2.05, 4.69) is 26.6 Å². The maximum absolute atomic E-state index is 13.5. The van der Waals surface area contributed by atoms with Crippen molar-refractivity contribution in [2.45, 2.75) is 26.8 Å². The molecule has 0 aliphatic carbocycles. The smallest absolute Gasteiger partial charge is 0.246 e. The second kappa shape index (κ2) is 6.92. The van der Waals surface area contributed by atoms with Gasteiger partial charge in [0.25, 0.3) is 0 Å². The number of hydrogen-bond acceptors (Lipinski definition) is 2. The summed E-state index contributed by atoms with van der Waals surface area (Å²) < 4.78 is 14.3. The molecule has 1 amide bonds. The van der Waals surface area contributed by atoms with Gasteiger partial charge in [-0.3, -0.25) is 4.79 Å². The third kappa shape index (κ3) is 4.07. The summed E-state index contributed by atoms with van der Waals surface area (Å²) in [5, 5.41) is 5.83. The van der Waals surface area contributed by atoms with Crippen molar-refractivity contribution in [3.8, 4) is 0 Å². The van der Waals surface area contributed by atoms with Crippen LogP contribution < -0.4 is 10.6 Å². The summed E-state index contributed by atoms with van der Waals surface area (Å²) in [6.45, 7) is 5.41. The number of hydrogen-bond donors (Lipinski definition) is 2. The van der Waals surface area contributed by atoms with Crippen LogP contribution in [0.4, 0.5) is 15.8 Å². The maximum Gasteiger partial charge on any atom is 0.246 e. The summed E-state index contributed by atoms with van der Waals surface area (Å²) in [4.78, 5) is 12.2. The number of aryl methyl sites for hydroxylation is 2. The van der Waals surface area contributed by atoms with Gasteiger partial charge >= 0.3 is 0 Å². The Kier molecular flexibility index (Phi) is 5.19. The zero-order chi connectivity index (χ0) is 16.3. The van der Waals surface area contributed by atoms with Crippen LogP contribution in [0.15, 0.2) is 40.9 Å². The van der Waals surface area contributed by atoms with Crippen molar-refractivity contribution >= 4 is 33.2 Å². The average molecular weight is 365 g/mol. The molecule has 0 saturated heterocycles. The van der Waals surface area contributed by atoms with E-state index in [9.17, 15) is 9.18 Å². The molecule has 0 fully saturated rings. The highest BCUT2D eigenvalue weighted by molar-refractivity contribution is 9.10. The van der Waals surface area contributed by atoms with E-state index in [0.717, 1.165) is 10.0 Å². The zero-order valence-corrected chi connectivity index (χ0v) is 14.3. The average Bonchev–Trinajstić information content (AvgIpc) is 2.45. The van der Waals surface area contributed by atoms with Crippen LogP contribution in [0.1, 0.15) is 18.1 Å². The normalized spacial score (nSPS) is 11.9. The van der Waals surface area contributed by atoms with E-state index in [1.54, 1.807) is 26.0 Å². The molecule has 5 heteroatoms. The van der Waals surface area contributed by atoms with Crippen LogP contribution in [0.25, 0.3) is 0 Å². The first-order chi connectivity index (χ1) is 10.4. The molecule has 0 saturated carbocycles. The number of rotatable bonds is 4. The van der Waals surface area contributed by atoms with E-state index in [1.165, 1.54) is 6.07 Å². The quantitative estimate of drug-likeness (QED) is 0.829. The first-order valence-electron chi connectivity index (χ1n) is 6.96. The lowest BCUT2D eigenvalue weighted by atomic mass is 10.2. The van der Waals surface area contributed by atoms with Gasteiger partial charge in [-0.2, -0.15) is 0 Å². The Labute approximate surface area is 138 Å². The number of carbonyl (C=O) groups excluding carboxylic acids is 1. The minimum absolute atomic E-state index is 0.189. The third-order valence-corrected chi connectivity index (χ3v) is 3.99. The molecule has 0 heterocycles. The van der Waals surface area contributed by atoms with Crippen molar-refractivity contribution in [1.29, 1.82) is 0 Å². The van der Waals surface area contributed by atoms with E-state index in [1.807, 2.05) is 25.1 Å². The summed E-state index contributed by atoms with van der Waals surface area (Å²) in [6, 6.07) is 10.0. The number of halogens is 2. The Balaban J connectivity index is 2.04. The Hall–Kier alpha value is -1.88. The topological polar surface area (TPSA) is 41.1 Å². The van der Waals surface area contributed by atoms with Gasteiger partial charge in [0.2, 0.25) is 5.91 Å². The molecular formula is C17H18BrFN2O. The van der Waals surface area contributed by atoms with Gasteiger partial charge in [-0.05, 0) is 72.1 Å². The fourth-order valence-corrected chi connectivity index (χ4v) is 2.55. The van der Waals surface area contributed by atoms with Crippen LogP contribution >= 0.6 is 15.9 Å². The number of carbonyl (C=O) groups is 1. The molecule has 2 aromatic rings. The molecule has 0 radical (unpaired) electrons. The SMILES string of the molecule is Cc1ccc(NC(=O)C(C)Nc2ccc(C)c(F)c2)c(Br)c1. The molecule has 0 aliphatic heterocycles. The molecule has 2 aromatic carbocycles. The fraction of sp³-hybridized carbons (Fsp3) is 0.235. The van der Waals surface area contributed by atoms with Gasteiger partial charge < -0.3 is 10.6 Å². The Morgan fingerprint density at radius 3 is 2.55 bits per heavy atom. The molecule has 0 aromatic heterocycles. The van der Waals surface area contributed by atoms with Crippen LogP contribution in [0.2, 0.25) is 0 Å². The van der Waals surface area contributed by atoms with E-state index < -0.39 is 6.04 Å². The highest BCUT2D eigenvalue weighted by Gasteiger charge is 2.14.